The molecule has 1 saturated heterocycles. The molecule has 0 aromatic heterocycles. The molecule has 0 bridgehead atoms. The summed E-state index contributed by atoms with van der Waals surface area (Å²) in [6.07, 6.45) is -0.225. The molecule has 106 valence electrons. The molecular weight excluding hydrogens is 242 g/mol. The minimum atomic E-state index is -0.639. The van der Waals surface area contributed by atoms with Crippen LogP contribution in [0.4, 0.5) is 0 Å². The van der Waals surface area contributed by atoms with Crippen LogP contribution in [-0.4, -0.2) is 51.5 Å². The second-order valence-electron chi connectivity index (χ2n) is 4.34. The Labute approximate surface area is 106 Å². The van der Waals surface area contributed by atoms with Gasteiger partial charge in [-0.15, -0.1) is 0 Å². The minimum Gasteiger partial charge on any atom is -0.355 e. The number of hydrogen-bond acceptors (Lipinski definition) is 6. The third-order valence-electron chi connectivity index (χ3n) is 3.13. The molecule has 1 heterocycles. The Kier molecular flexibility index (Phi) is 6.48. The second kappa shape index (κ2) is 7.63. The smallest absolute Gasteiger partial charge is 0.212 e. The van der Waals surface area contributed by atoms with Gasteiger partial charge in [0.25, 0.3) is 0 Å². The molecule has 7 heteroatoms. The highest BCUT2D eigenvalue weighted by atomic mass is 16.7. The van der Waals surface area contributed by atoms with Gasteiger partial charge < -0.3 is 18.9 Å². The lowest BCUT2D eigenvalue weighted by Crippen LogP contribution is -2.43. The highest BCUT2D eigenvalue weighted by Crippen LogP contribution is 2.26. The van der Waals surface area contributed by atoms with Crippen LogP contribution >= 0.6 is 0 Å². The Bertz CT molecular complexity index is 252. The van der Waals surface area contributed by atoms with Crippen LogP contribution in [0.2, 0.25) is 0 Å². The summed E-state index contributed by atoms with van der Waals surface area (Å²) in [7, 11) is 2.94. The van der Waals surface area contributed by atoms with Crippen LogP contribution in [0.1, 0.15) is 13.3 Å². The molecule has 1 fully saturated rings. The van der Waals surface area contributed by atoms with Crippen LogP contribution in [0, 0.1) is 22.0 Å². The first-order chi connectivity index (χ1) is 8.60. The van der Waals surface area contributed by atoms with E-state index in [4.69, 9.17) is 18.9 Å². The number of methoxy groups -OCH3 is 2. The van der Waals surface area contributed by atoms with E-state index < -0.39 is 18.5 Å². The van der Waals surface area contributed by atoms with Crippen LogP contribution in [0.15, 0.2) is 0 Å². The van der Waals surface area contributed by atoms with Crippen molar-refractivity contribution in [2.75, 3.05) is 34.0 Å². The molecule has 1 aliphatic rings. The highest BCUT2D eigenvalue weighted by molar-refractivity contribution is 4.73. The summed E-state index contributed by atoms with van der Waals surface area (Å²) < 4.78 is 21.2. The molecule has 0 aliphatic carbocycles. The molecular formula is C11H21NO6. The van der Waals surface area contributed by atoms with Crippen molar-refractivity contribution in [3.63, 3.8) is 0 Å². The minimum absolute atomic E-state index is 0.180. The molecule has 1 rings (SSSR count). The Hall–Kier alpha value is -0.760. The number of ether oxygens (including phenoxy) is 4. The van der Waals surface area contributed by atoms with Gasteiger partial charge in [-0.25, -0.2) is 0 Å². The van der Waals surface area contributed by atoms with Gasteiger partial charge in [-0.1, -0.05) is 6.92 Å². The Morgan fingerprint density at radius 2 is 1.89 bits per heavy atom. The molecule has 0 saturated carbocycles. The quantitative estimate of drug-likeness (QED) is 0.385. The summed E-state index contributed by atoms with van der Waals surface area (Å²) in [5, 5.41) is 10.7. The number of rotatable bonds is 7. The molecule has 0 aromatic rings. The van der Waals surface area contributed by atoms with Crippen LogP contribution in [0.3, 0.4) is 0 Å². The van der Waals surface area contributed by atoms with Gasteiger partial charge in [-0.2, -0.15) is 0 Å². The molecule has 0 spiro atoms. The molecule has 0 unspecified atom stereocenters. The lowest BCUT2D eigenvalue weighted by molar-refractivity contribution is -0.497. The Morgan fingerprint density at radius 3 is 2.33 bits per heavy atom. The van der Waals surface area contributed by atoms with Gasteiger partial charge in [-0.3, -0.25) is 10.1 Å². The number of nitro groups is 1. The predicted octanol–water partition coefficient (Wildman–Crippen LogP) is 0.897. The fourth-order valence-electron chi connectivity index (χ4n) is 2.13. The average molecular weight is 263 g/mol. The van der Waals surface area contributed by atoms with Crippen LogP contribution in [0.5, 0.6) is 0 Å². The topological polar surface area (TPSA) is 80.1 Å². The summed E-state index contributed by atoms with van der Waals surface area (Å²) in [5.41, 5.74) is 0. The van der Waals surface area contributed by atoms with Crippen molar-refractivity contribution in [1.82, 2.24) is 0 Å². The normalized spacial score (nSPS) is 20.9. The first kappa shape index (κ1) is 15.3. The van der Waals surface area contributed by atoms with Crippen molar-refractivity contribution < 1.29 is 23.9 Å². The van der Waals surface area contributed by atoms with Gasteiger partial charge in [0.1, 0.15) is 0 Å². The molecule has 0 N–H and O–H groups in total. The number of nitrogens with zero attached hydrogens (tertiary/aromatic N) is 1. The van der Waals surface area contributed by atoms with Crippen molar-refractivity contribution in [1.29, 1.82) is 0 Å². The fraction of sp³-hybridized carbons (Fsp3) is 1.00. The van der Waals surface area contributed by atoms with E-state index >= 15 is 0 Å². The summed E-state index contributed by atoms with van der Waals surface area (Å²) in [6, 6.07) is 0. The van der Waals surface area contributed by atoms with Gasteiger partial charge in [0.05, 0.1) is 19.1 Å². The van der Waals surface area contributed by atoms with Crippen molar-refractivity contribution in [2.24, 2.45) is 11.8 Å². The van der Waals surface area contributed by atoms with Crippen molar-refractivity contribution in [2.45, 2.75) is 25.9 Å². The zero-order valence-electron chi connectivity index (χ0n) is 11.0. The Morgan fingerprint density at radius 1 is 1.33 bits per heavy atom. The van der Waals surface area contributed by atoms with E-state index in [1.807, 2.05) is 6.92 Å². The molecule has 0 aromatic carbocycles. The molecule has 7 nitrogen and oxygen atoms in total. The molecule has 18 heavy (non-hydrogen) atoms. The number of hydrogen-bond donors (Lipinski definition) is 0. The zero-order valence-corrected chi connectivity index (χ0v) is 11.0. The van der Waals surface area contributed by atoms with E-state index in [0.717, 1.165) is 6.42 Å². The van der Waals surface area contributed by atoms with Crippen LogP contribution in [0.25, 0.3) is 0 Å². The monoisotopic (exact) mass is 263 g/mol. The molecule has 0 radical (unpaired) electrons. The van der Waals surface area contributed by atoms with E-state index in [2.05, 4.69) is 0 Å². The molecule has 0 amide bonds. The van der Waals surface area contributed by atoms with Gasteiger partial charge in [0, 0.05) is 25.1 Å². The lowest BCUT2D eigenvalue weighted by atomic mass is 9.92. The average Bonchev–Trinajstić information content (AvgIpc) is 2.38. The third kappa shape index (κ3) is 4.16. The molecule has 2 atom stereocenters. The van der Waals surface area contributed by atoms with E-state index in [1.165, 1.54) is 14.2 Å². The fourth-order valence-corrected chi connectivity index (χ4v) is 2.13. The van der Waals surface area contributed by atoms with Gasteiger partial charge in [-0.05, 0) is 6.42 Å². The first-order valence-electron chi connectivity index (χ1n) is 6.00. The van der Waals surface area contributed by atoms with Crippen molar-refractivity contribution in [3.05, 3.63) is 10.1 Å². The standard InChI is InChI=1S/C11H21NO6/c1-8(10-17-5-4-6-18-10)9(7-12(13)14)11(15-2)16-3/h8-11H,4-7H2,1-3H3/t8-,9+/m1/s1. The van der Waals surface area contributed by atoms with Crippen LogP contribution < -0.4 is 0 Å². The summed E-state index contributed by atoms with van der Waals surface area (Å²) in [4.78, 5) is 10.4. The maximum atomic E-state index is 10.7. The second-order valence-corrected chi connectivity index (χ2v) is 4.34. The SMILES string of the molecule is COC(OC)[C@@H](C[N+](=O)[O-])[C@@H](C)C1OCCCO1. The van der Waals surface area contributed by atoms with Gasteiger partial charge in [0.15, 0.2) is 12.6 Å². The van der Waals surface area contributed by atoms with Crippen molar-refractivity contribution >= 4 is 0 Å². The zero-order chi connectivity index (χ0) is 13.5. The van der Waals surface area contributed by atoms with Crippen molar-refractivity contribution in [3.8, 4) is 0 Å². The van der Waals surface area contributed by atoms with E-state index in [1.54, 1.807) is 0 Å². The maximum absolute atomic E-state index is 10.7. The van der Waals surface area contributed by atoms with Gasteiger partial charge in [0.2, 0.25) is 6.54 Å². The van der Waals surface area contributed by atoms with E-state index in [9.17, 15) is 10.1 Å². The van der Waals surface area contributed by atoms with Crippen LogP contribution in [-0.2, 0) is 18.9 Å². The third-order valence-corrected chi connectivity index (χ3v) is 3.13. The Balaban J connectivity index is 2.69. The van der Waals surface area contributed by atoms with E-state index in [-0.39, 0.29) is 17.4 Å². The molecule has 1 aliphatic heterocycles. The maximum Gasteiger partial charge on any atom is 0.212 e. The summed E-state index contributed by atoms with van der Waals surface area (Å²) >= 11 is 0. The summed E-state index contributed by atoms with van der Waals surface area (Å²) in [6.45, 7) is 2.85. The van der Waals surface area contributed by atoms with Gasteiger partial charge >= 0.3 is 0 Å². The first-order valence-corrected chi connectivity index (χ1v) is 6.00. The van der Waals surface area contributed by atoms with E-state index in [0.29, 0.717) is 13.2 Å². The highest BCUT2D eigenvalue weighted by Gasteiger charge is 2.37. The lowest BCUT2D eigenvalue weighted by Gasteiger charge is -2.34. The largest absolute Gasteiger partial charge is 0.355 e. The predicted molar refractivity (Wildman–Crippen MR) is 62.6 cm³/mol. The summed E-state index contributed by atoms with van der Waals surface area (Å²) in [5.74, 6) is -0.598.